The van der Waals surface area contributed by atoms with Crippen LogP contribution < -0.4 is 10.1 Å². The molecule has 158 valence electrons. The molecule has 0 atom stereocenters. The van der Waals surface area contributed by atoms with Crippen LogP contribution in [0.3, 0.4) is 0 Å². The SMILES string of the molecule is Cc1cc(S(=O)(=O)N2CCCCC2)ccc1OCC(=O)Nc1ccc2sncc2c1. The Labute approximate surface area is 179 Å². The van der Waals surface area contributed by atoms with E-state index >= 15 is 0 Å². The van der Waals surface area contributed by atoms with E-state index in [9.17, 15) is 13.2 Å². The smallest absolute Gasteiger partial charge is 0.262 e. The molecule has 0 unspecified atom stereocenters. The third-order valence-electron chi connectivity index (χ3n) is 5.09. The van der Waals surface area contributed by atoms with E-state index in [1.165, 1.54) is 11.5 Å². The van der Waals surface area contributed by atoms with Crippen LogP contribution in [0.15, 0.2) is 47.5 Å². The van der Waals surface area contributed by atoms with Crippen molar-refractivity contribution in [2.24, 2.45) is 0 Å². The Morgan fingerprint density at radius 3 is 2.73 bits per heavy atom. The Morgan fingerprint density at radius 1 is 1.17 bits per heavy atom. The van der Waals surface area contributed by atoms with Crippen molar-refractivity contribution in [1.82, 2.24) is 8.68 Å². The lowest BCUT2D eigenvalue weighted by atomic mass is 10.2. The molecule has 1 aliphatic rings. The highest BCUT2D eigenvalue weighted by atomic mass is 32.2. The van der Waals surface area contributed by atoms with Gasteiger partial charge in [0.05, 0.1) is 9.60 Å². The van der Waals surface area contributed by atoms with E-state index in [0.29, 0.717) is 30.1 Å². The van der Waals surface area contributed by atoms with Crippen molar-refractivity contribution < 1.29 is 17.9 Å². The largest absolute Gasteiger partial charge is 0.483 e. The number of ether oxygens (including phenoxy) is 1. The molecule has 1 fully saturated rings. The predicted molar refractivity (Wildman–Crippen MR) is 118 cm³/mol. The topological polar surface area (TPSA) is 88.6 Å². The van der Waals surface area contributed by atoms with Gasteiger partial charge in [0.25, 0.3) is 5.91 Å². The van der Waals surface area contributed by atoms with Gasteiger partial charge in [0.15, 0.2) is 6.61 Å². The lowest BCUT2D eigenvalue weighted by molar-refractivity contribution is -0.118. The average Bonchev–Trinajstić information content (AvgIpc) is 3.21. The van der Waals surface area contributed by atoms with Crippen LogP contribution in [0, 0.1) is 6.92 Å². The fourth-order valence-electron chi connectivity index (χ4n) is 3.49. The third-order valence-corrected chi connectivity index (χ3v) is 7.77. The minimum Gasteiger partial charge on any atom is -0.483 e. The highest BCUT2D eigenvalue weighted by Gasteiger charge is 2.26. The molecule has 1 saturated heterocycles. The van der Waals surface area contributed by atoms with Crippen LogP contribution in [0.2, 0.25) is 0 Å². The summed E-state index contributed by atoms with van der Waals surface area (Å²) in [6.07, 6.45) is 4.61. The van der Waals surface area contributed by atoms with Crippen molar-refractivity contribution in [3.05, 3.63) is 48.2 Å². The molecular weight excluding hydrogens is 422 g/mol. The fraction of sp³-hybridized carbons (Fsp3) is 0.333. The third kappa shape index (κ3) is 4.48. The Hall–Kier alpha value is -2.49. The van der Waals surface area contributed by atoms with Crippen LogP contribution in [0.25, 0.3) is 10.1 Å². The van der Waals surface area contributed by atoms with Crippen molar-refractivity contribution in [1.29, 1.82) is 0 Å². The zero-order chi connectivity index (χ0) is 21.1. The molecule has 7 nitrogen and oxygen atoms in total. The Morgan fingerprint density at radius 2 is 1.97 bits per heavy atom. The molecule has 2 heterocycles. The summed E-state index contributed by atoms with van der Waals surface area (Å²) in [5.41, 5.74) is 1.35. The lowest BCUT2D eigenvalue weighted by Gasteiger charge is -2.26. The van der Waals surface area contributed by atoms with E-state index in [2.05, 4.69) is 9.69 Å². The minimum atomic E-state index is -3.49. The molecule has 1 amide bonds. The number of aryl methyl sites for hydroxylation is 1. The Kier molecular flexibility index (Phi) is 6.03. The number of carbonyl (C=O) groups is 1. The lowest BCUT2D eigenvalue weighted by Crippen LogP contribution is -2.35. The van der Waals surface area contributed by atoms with Gasteiger partial charge in [-0.2, -0.15) is 8.68 Å². The number of sulfonamides is 1. The van der Waals surface area contributed by atoms with Gasteiger partial charge in [0, 0.05) is 30.4 Å². The first-order chi connectivity index (χ1) is 14.4. The van der Waals surface area contributed by atoms with E-state index in [0.717, 1.165) is 29.3 Å². The molecule has 3 aromatic rings. The molecule has 0 bridgehead atoms. The normalized spacial score (nSPS) is 15.2. The monoisotopic (exact) mass is 445 g/mol. The first kappa shape index (κ1) is 20.8. The van der Waals surface area contributed by atoms with E-state index in [1.54, 1.807) is 35.6 Å². The van der Waals surface area contributed by atoms with E-state index in [-0.39, 0.29) is 17.4 Å². The second-order valence-electron chi connectivity index (χ2n) is 7.31. The number of anilines is 1. The molecule has 9 heteroatoms. The number of piperidine rings is 1. The molecule has 0 aliphatic carbocycles. The van der Waals surface area contributed by atoms with E-state index < -0.39 is 10.0 Å². The maximum absolute atomic E-state index is 12.8. The minimum absolute atomic E-state index is 0.168. The number of rotatable bonds is 6. The summed E-state index contributed by atoms with van der Waals surface area (Å²) in [6, 6.07) is 10.4. The number of nitrogens with one attached hydrogen (secondary N) is 1. The Bertz CT molecular complexity index is 1170. The van der Waals surface area contributed by atoms with Crippen molar-refractivity contribution in [3.63, 3.8) is 0 Å². The molecular formula is C21H23N3O4S2. The first-order valence-corrected chi connectivity index (χ1v) is 12.0. The number of fused-ring (bicyclic) bond motifs is 1. The Balaban J connectivity index is 1.39. The van der Waals surface area contributed by atoms with Gasteiger partial charge in [0.1, 0.15) is 5.75 Å². The number of benzene rings is 2. The molecule has 1 aromatic heterocycles. The molecule has 2 aromatic carbocycles. The molecule has 0 radical (unpaired) electrons. The predicted octanol–water partition coefficient (Wildman–Crippen LogP) is 3.80. The van der Waals surface area contributed by atoms with Crippen molar-refractivity contribution >= 4 is 43.2 Å². The molecule has 1 N–H and O–H groups in total. The molecule has 1 aliphatic heterocycles. The standard InChI is InChI=1S/C21H23N3O4S2/c1-15-11-18(30(26,27)24-9-3-2-4-10-24)6-7-19(15)28-14-21(25)23-17-5-8-20-16(12-17)13-22-29-20/h5-8,11-13H,2-4,9-10,14H2,1H3,(H,23,25). The van der Waals surface area contributed by atoms with Crippen LogP contribution in [0.4, 0.5) is 5.69 Å². The summed E-state index contributed by atoms with van der Waals surface area (Å²) in [5, 5.41) is 3.77. The zero-order valence-electron chi connectivity index (χ0n) is 16.6. The molecule has 0 saturated carbocycles. The van der Waals surface area contributed by atoms with Crippen molar-refractivity contribution in [3.8, 4) is 5.75 Å². The highest BCUT2D eigenvalue weighted by Crippen LogP contribution is 2.26. The maximum Gasteiger partial charge on any atom is 0.262 e. The van der Waals surface area contributed by atoms with Gasteiger partial charge in [-0.15, -0.1) is 0 Å². The summed E-state index contributed by atoms with van der Waals surface area (Å²) in [5.74, 6) is 0.196. The number of carbonyl (C=O) groups excluding carboxylic acids is 1. The summed E-state index contributed by atoms with van der Waals surface area (Å²) in [4.78, 5) is 12.5. The number of nitrogens with zero attached hydrogens (tertiary/aromatic N) is 2. The van der Waals surface area contributed by atoms with Gasteiger partial charge in [-0.25, -0.2) is 8.42 Å². The first-order valence-electron chi connectivity index (χ1n) is 9.81. The molecule has 30 heavy (non-hydrogen) atoms. The number of hydrogen-bond donors (Lipinski definition) is 1. The summed E-state index contributed by atoms with van der Waals surface area (Å²) >= 11 is 1.40. The number of aromatic nitrogens is 1. The van der Waals surface area contributed by atoms with Crippen LogP contribution >= 0.6 is 11.5 Å². The van der Waals surface area contributed by atoms with Gasteiger partial charge >= 0.3 is 0 Å². The summed E-state index contributed by atoms with van der Waals surface area (Å²) in [6.45, 7) is 2.74. The van der Waals surface area contributed by atoms with Crippen LogP contribution in [0.1, 0.15) is 24.8 Å². The second-order valence-corrected chi connectivity index (χ2v) is 10.1. The van der Waals surface area contributed by atoms with E-state index in [1.807, 2.05) is 18.2 Å². The van der Waals surface area contributed by atoms with Crippen molar-refractivity contribution in [2.45, 2.75) is 31.1 Å². The maximum atomic E-state index is 12.8. The van der Waals surface area contributed by atoms with E-state index in [4.69, 9.17) is 4.74 Å². The number of amides is 1. The second kappa shape index (κ2) is 8.71. The summed E-state index contributed by atoms with van der Waals surface area (Å²) in [7, 11) is -3.49. The van der Waals surface area contributed by atoms with Crippen LogP contribution in [-0.2, 0) is 14.8 Å². The molecule has 0 spiro atoms. The highest BCUT2D eigenvalue weighted by molar-refractivity contribution is 7.89. The zero-order valence-corrected chi connectivity index (χ0v) is 18.3. The molecule has 4 rings (SSSR count). The fourth-order valence-corrected chi connectivity index (χ4v) is 5.72. The van der Waals surface area contributed by atoms with Crippen LogP contribution in [0.5, 0.6) is 5.75 Å². The van der Waals surface area contributed by atoms with Crippen LogP contribution in [-0.4, -0.2) is 42.7 Å². The van der Waals surface area contributed by atoms with Crippen molar-refractivity contribution in [2.75, 3.05) is 25.0 Å². The van der Waals surface area contributed by atoms with Gasteiger partial charge < -0.3 is 10.1 Å². The average molecular weight is 446 g/mol. The quantitative estimate of drug-likeness (QED) is 0.624. The van der Waals surface area contributed by atoms with Gasteiger partial charge in [0.2, 0.25) is 10.0 Å². The number of hydrogen-bond acceptors (Lipinski definition) is 6. The summed E-state index contributed by atoms with van der Waals surface area (Å²) < 4.78 is 38.0. The van der Waals surface area contributed by atoms with Gasteiger partial charge in [-0.1, -0.05) is 6.42 Å². The van der Waals surface area contributed by atoms with Gasteiger partial charge in [-0.05, 0) is 73.3 Å². The van der Waals surface area contributed by atoms with Gasteiger partial charge in [-0.3, -0.25) is 4.79 Å².